The minimum absolute atomic E-state index is 0.175. The Morgan fingerprint density at radius 1 is 1.16 bits per heavy atom. The van der Waals surface area contributed by atoms with Crippen molar-refractivity contribution < 1.29 is 4.79 Å². The summed E-state index contributed by atoms with van der Waals surface area (Å²) >= 11 is 0. The van der Waals surface area contributed by atoms with Crippen LogP contribution in [-0.2, 0) is 7.05 Å². The van der Waals surface area contributed by atoms with E-state index < -0.39 is 0 Å². The van der Waals surface area contributed by atoms with Gasteiger partial charge >= 0.3 is 6.03 Å². The average molecular weight is 342 g/mol. The number of hydrogen-bond donors (Lipinski definition) is 2. The number of rotatable bonds is 3. The highest BCUT2D eigenvalue weighted by Crippen LogP contribution is 2.23. The molecule has 0 aliphatic heterocycles. The molecule has 1 heterocycles. The van der Waals surface area contributed by atoms with Gasteiger partial charge in [0.05, 0.1) is 11.4 Å². The highest BCUT2D eigenvalue weighted by Gasteiger charge is 2.24. The molecule has 0 radical (unpaired) electrons. The largest absolute Gasteiger partial charge is 0.335 e. The molecule has 3 rings (SSSR count). The Balaban J connectivity index is 1.81. The van der Waals surface area contributed by atoms with Gasteiger partial charge in [0, 0.05) is 13.1 Å². The molecule has 1 aliphatic rings. The van der Waals surface area contributed by atoms with Crippen molar-refractivity contribution in [3.8, 4) is 5.69 Å². The number of amides is 2. The van der Waals surface area contributed by atoms with Crippen molar-refractivity contribution in [3.63, 3.8) is 0 Å². The summed E-state index contributed by atoms with van der Waals surface area (Å²) in [4.78, 5) is 25.2. The first-order valence-corrected chi connectivity index (χ1v) is 8.90. The average Bonchev–Trinajstić information content (AvgIpc) is 2.81. The molecular formula is C19H26N4O2. The van der Waals surface area contributed by atoms with Gasteiger partial charge < -0.3 is 10.6 Å². The van der Waals surface area contributed by atoms with Crippen LogP contribution in [0.1, 0.15) is 38.3 Å². The number of aromatic nitrogens is 2. The van der Waals surface area contributed by atoms with E-state index in [0.717, 1.165) is 30.6 Å². The Hall–Kier alpha value is -2.50. The van der Waals surface area contributed by atoms with Gasteiger partial charge in [-0.2, -0.15) is 0 Å². The number of anilines is 1. The van der Waals surface area contributed by atoms with E-state index in [1.54, 1.807) is 9.36 Å². The highest BCUT2D eigenvalue weighted by atomic mass is 16.2. The summed E-state index contributed by atoms with van der Waals surface area (Å²) < 4.78 is 3.32. The van der Waals surface area contributed by atoms with Crippen molar-refractivity contribution in [1.82, 2.24) is 14.7 Å². The third-order valence-electron chi connectivity index (χ3n) is 5.22. The summed E-state index contributed by atoms with van der Waals surface area (Å²) in [5.74, 6) is 0.470. The van der Waals surface area contributed by atoms with Crippen LogP contribution < -0.4 is 16.2 Å². The molecule has 25 heavy (non-hydrogen) atoms. The van der Waals surface area contributed by atoms with Gasteiger partial charge in [0.1, 0.15) is 5.69 Å². The van der Waals surface area contributed by atoms with Gasteiger partial charge in [-0.05, 0) is 37.8 Å². The van der Waals surface area contributed by atoms with E-state index in [1.165, 1.54) is 6.42 Å². The quantitative estimate of drug-likeness (QED) is 0.899. The van der Waals surface area contributed by atoms with Crippen molar-refractivity contribution >= 4 is 11.7 Å². The Bertz CT molecular complexity index is 807. The second-order valence-electron chi connectivity index (χ2n) is 6.90. The van der Waals surface area contributed by atoms with E-state index in [2.05, 4.69) is 17.6 Å². The molecule has 0 spiro atoms. The predicted octanol–water partition coefficient (Wildman–Crippen LogP) is 3.18. The molecule has 2 amide bonds. The first-order valence-electron chi connectivity index (χ1n) is 8.90. The molecule has 0 saturated heterocycles. The molecule has 1 aromatic carbocycles. The second-order valence-corrected chi connectivity index (χ2v) is 6.90. The number of nitrogens with one attached hydrogen (secondary N) is 2. The zero-order chi connectivity index (χ0) is 18.0. The summed E-state index contributed by atoms with van der Waals surface area (Å²) in [5, 5.41) is 5.81. The minimum atomic E-state index is -0.301. The number of nitrogens with zero attached hydrogens (tertiary/aromatic N) is 2. The lowest BCUT2D eigenvalue weighted by Crippen LogP contribution is -2.43. The van der Waals surface area contributed by atoms with Crippen LogP contribution in [-0.4, -0.2) is 21.4 Å². The number of hydrogen-bond acceptors (Lipinski definition) is 2. The van der Waals surface area contributed by atoms with Crippen molar-refractivity contribution in [2.75, 3.05) is 5.32 Å². The van der Waals surface area contributed by atoms with Crippen LogP contribution in [0.25, 0.3) is 5.69 Å². The fourth-order valence-corrected chi connectivity index (χ4v) is 3.56. The lowest BCUT2D eigenvalue weighted by atomic mass is 9.86. The van der Waals surface area contributed by atoms with Gasteiger partial charge in [0.2, 0.25) is 0 Å². The first kappa shape index (κ1) is 17.3. The maximum Gasteiger partial charge on any atom is 0.319 e. The molecule has 1 fully saturated rings. The Morgan fingerprint density at radius 3 is 2.52 bits per heavy atom. The summed E-state index contributed by atoms with van der Waals surface area (Å²) in [6.07, 6.45) is 4.49. The normalized spacial score (nSPS) is 20.3. The van der Waals surface area contributed by atoms with Crippen molar-refractivity contribution in [2.24, 2.45) is 13.0 Å². The Kier molecular flexibility index (Phi) is 4.97. The van der Waals surface area contributed by atoms with Crippen molar-refractivity contribution in [3.05, 3.63) is 46.4 Å². The van der Waals surface area contributed by atoms with Gasteiger partial charge in [0.15, 0.2) is 0 Å². The van der Waals surface area contributed by atoms with E-state index in [-0.39, 0.29) is 17.6 Å². The molecule has 0 unspecified atom stereocenters. The van der Waals surface area contributed by atoms with Crippen molar-refractivity contribution in [2.45, 2.75) is 45.6 Å². The zero-order valence-corrected chi connectivity index (χ0v) is 15.1. The smallest absolute Gasteiger partial charge is 0.319 e. The van der Waals surface area contributed by atoms with Gasteiger partial charge in [-0.25, -0.2) is 9.48 Å². The second kappa shape index (κ2) is 7.17. The van der Waals surface area contributed by atoms with Crippen LogP contribution in [0, 0.1) is 12.8 Å². The first-order chi connectivity index (χ1) is 12.0. The van der Waals surface area contributed by atoms with Crippen LogP contribution in [0.3, 0.4) is 0 Å². The van der Waals surface area contributed by atoms with Gasteiger partial charge in [0.25, 0.3) is 5.56 Å². The summed E-state index contributed by atoms with van der Waals surface area (Å²) in [7, 11) is 1.82. The van der Waals surface area contributed by atoms with Gasteiger partial charge in [-0.15, -0.1) is 0 Å². The van der Waals surface area contributed by atoms with Gasteiger partial charge in [-0.3, -0.25) is 9.48 Å². The molecule has 1 aromatic heterocycles. The fraction of sp³-hybridized carbons (Fsp3) is 0.474. The Morgan fingerprint density at radius 2 is 1.84 bits per heavy atom. The molecule has 1 aliphatic carbocycles. The SMILES string of the molecule is Cc1c(NC(=O)N[C@@H]2CCCC[C@@H]2C)c(=O)n(-c2ccccc2)n1C. The van der Waals surface area contributed by atoms with E-state index in [1.807, 2.05) is 44.3 Å². The van der Waals surface area contributed by atoms with Crippen LogP contribution in [0.2, 0.25) is 0 Å². The molecule has 2 atom stereocenters. The van der Waals surface area contributed by atoms with Crippen LogP contribution in [0.4, 0.5) is 10.5 Å². The van der Waals surface area contributed by atoms with E-state index in [0.29, 0.717) is 11.6 Å². The zero-order valence-electron chi connectivity index (χ0n) is 15.1. The summed E-state index contributed by atoms with van der Waals surface area (Å²) in [6.45, 7) is 4.00. The predicted molar refractivity (Wildman–Crippen MR) is 99.3 cm³/mol. The summed E-state index contributed by atoms with van der Waals surface area (Å²) in [6, 6.07) is 9.28. The molecule has 2 aromatic rings. The third-order valence-corrected chi connectivity index (χ3v) is 5.22. The van der Waals surface area contributed by atoms with E-state index >= 15 is 0 Å². The fourth-order valence-electron chi connectivity index (χ4n) is 3.56. The number of urea groups is 1. The number of carbonyl (C=O) groups is 1. The molecule has 6 heteroatoms. The standard InChI is InChI=1S/C19H26N4O2/c1-13-9-7-8-12-16(13)20-19(25)21-17-14(2)22(3)23(18(17)24)15-10-5-4-6-11-15/h4-6,10-11,13,16H,7-9,12H2,1-3H3,(H2,20,21,25)/t13-,16+/m0/s1. The van der Waals surface area contributed by atoms with Crippen LogP contribution >= 0.6 is 0 Å². The molecule has 2 N–H and O–H groups in total. The monoisotopic (exact) mass is 342 g/mol. The van der Waals surface area contributed by atoms with Crippen LogP contribution in [0.5, 0.6) is 0 Å². The summed E-state index contributed by atoms with van der Waals surface area (Å²) in [5.41, 5.74) is 1.60. The molecule has 134 valence electrons. The van der Waals surface area contributed by atoms with E-state index in [9.17, 15) is 9.59 Å². The number of para-hydroxylation sites is 1. The minimum Gasteiger partial charge on any atom is -0.335 e. The molecule has 1 saturated carbocycles. The lowest BCUT2D eigenvalue weighted by Gasteiger charge is -2.29. The maximum absolute atomic E-state index is 12.8. The molecular weight excluding hydrogens is 316 g/mol. The third kappa shape index (κ3) is 3.48. The van der Waals surface area contributed by atoms with E-state index in [4.69, 9.17) is 0 Å². The Labute approximate surface area is 147 Å². The molecule has 0 bridgehead atoms. The topological polar surface area (TPSA) is 68.1 Å². The lowest BCUT2D eigenvalue weighted by molar-refractivity contribution is 0.232. The van der Waals surface area contributed by atoms with Gasteiger partial charge in [-0.1, -0.05) is 38.0 Å². The maximum atomic E-state index is 12.8. The van der Waals surface area contributed by atoms with Crippen molar-refractivity contribution in [1.29, 1.82) is 0 Å². The highest BCUT2D eigenvalue weighted by molar-refractivity contribution is 5.90. The number of carbonyl (C=O) groups excluding carboxylic acids is 1. The number of benzene rings is 1. The molecule has 6 nitrogen and oxygen atoms in total. The van der Waals surface area contributed by atoms with Crippen LogP contribution in [0.15, 0.2) is 35.1 Å².